The highest BCUT2D eigenvalue weighted by Crippen LogP contribution is 2.08. The fourth-order valence-electron chi connectivity index (χ4n) is 1.59. The van der Waals surface area contributed by atoms with Crippen molar-refractivity contribution in [3.8, 4) is 0 Å². The van der Waals surface area contributed by atoms with Crippen LogP contribution in [0.2, 0.25) is 0 Å². The summed E-state index contributed by atoms with van der Waals surface area (Å²) in [4.78, 5) is 18.9. The fraction of sp³-hybridized carbons (Fsp3) is 0.625. The van der Waals surface area contributed by atoms with Crippen LogP contribution in [0.15, 0.2) is 22.5 Å². The SMILES string of the molecule is COC(C)(C)CNC(=NCC(=O)N(C)C)NCCc1cccs1. The number of ether oxygens (including phenoxy) is 1. The first-order chi connectivity index (χ1) is 10.8. The molecule has 0 radical (unpaired) electrons. The maximum Gasteiger partial charge on any atom is 0.243 e. The van der Waals surface area contributed by atoms with Crippen molar-refractivity contribution in [1.29, 1.82) is 0 Å². The number of methoxy groups -OCH3 is 1. The second-order valence-corrected chi connectivity index (χ2v) is 7.06. The van der Waals surface area contributed by atoms with Crippen molar-refractivity contribution in [2.45, 2.75) is 25.9 Å². The van der Waals surface area contributed by atoms with E-state index in [9.17, 15) is 4.79 Å². The zero-order chi connectivity index (χ0) is 17.3. The van der Waals surface area contributed by atoms with Crippen molar-refractivity contribution in [3.05, 3.63) is 22.4 Å². The van der Waals surface area contributed by atoms with Gasteiger partial charge in [0.15, 0.2) is 5.96 Å². The Hall–Kier alpha value is -1.60. The second kappa shape index (κ2) is 9.52. The Morgan fingerprint density at radius 2 is 2.13 bits per heavy atom. The van der Waals surface area contributed by atoms with Gasteiger partial charge in [-0.25, -0.2) is 4.99 Å². The van der Waals surface area contributed by atoms with Crippen molar-refractivity contribution in [3.63, 3.8) is 0 Å². The third kappa shape index (κ3) is 7.99. The molecular weight excluding hydrogens is 312 g/mol. The number of thiophene rings is 1. The minimum absolute atomic E-state index is 0.0321. The highest BCUT2D eigenvalue weighted by atomic mass is 32.1. The molecule has 1 heterocycles. The fourth-order valence-corrected chi connectivity index (χ4v) is 2.30. The molecule has 0 aromatic carbocycles. The summed E-state index contributed by atoms with van der Waals surface area (Å²) in [7, 11) is 5.13. The average Bonchev–Trinajstić information content (AvgIpc) is 3.02. The average molecular weight is 340 g/mol. The number of nitrogens with zero attached hydrogens (tertiary/aromatic N) is 2. The summed E-state index contributed by atoms with van der Waals surface area (Å²) >= 11 is 1.74. The molecule has 1 rings (SSSR count). The van der Waals surface area contributed by atoms with Crippen molar-refractivity contribution in [2.24, 2.45) is 4.99 Å². The predicted molar refractivity (Wildman–Crippen MR) is 96.1 cm³/mol. The number of rotatable bonds is 8. The van der Waals surface area contributed by atoms with Crippen LogP contribution in [-0.4, -0.2) is 63.2 Å². The summed E-state index contributed by atoms with van der Waals surface area (Å²) in [6.07, 6.45) is 0.924. The van der Waals surface area contributed by atoms with Crippen molar-refractivity contribution < 1.29 is 9.53 Å². The summed E-state index contributed by atoms with van der Waals surface area (Å²) < 4.78 is 5.40. The van der Waals surface area contributed by atoms with Gasteiger partial charge in [0.1, 0.15) is 6.54 Å². The number of nitrogens with one attached hydrogen (secondary N) is 2. The molecule has 23 heavy (non-hydrogen) atoms. The first-order valence-corrected chi connectivity index (χ1v) is 8.52. The van der Waals surface area contributed by atoms with E-state index in [2.05, 4.69) is 27.1 Å². The van der Waals surface area contributed by atoms with E-state index in [1.54, 1.807) is 32.5 Å². The topological polar surface area (TPSA) is 66.0 Å². The molecule has 0 spiro atoms. The van der Waals surface area contributed by atoms with Gasteiger partial charge in [0.2, 0.25) is 5.91 Å². The van der Waals surface area contributed by atoms with E-state index in [0.29, 0.717) is 12.5 Å². The summed E-state index contributed by atoms with van der Waals surface area (Å²) in [5.41, 5.74) is -0.304. The molecule has 0 aliphatic carbocycles. The molecule has 0 bridgehead atoms. The zero-order valence-electron chi connectivity index (χ0n) is 14.7. The molecule has 0 aliphatic rings. The van der Waals surface area contributed by atoms with Gasteiger partial charge in [-0.05, 0) is 31.7 Å². The minimum atomic E-state index is -0.304. The van der Waals surface area contributed by atoms with E-state index in [4.69, 9.17) is 4.74 Å². The van der Waals surface area contributed by atoms with Crippen LogP contribution in [0.5, 0.6) is 0 Å². The lowest BCUT2D eigenvalue weighted by Gasteiger charge is -2.24. The molecule has 0 saturated heterocycles. The molecule has 0 fully saturated rings. The summed E-state index contributed by atoms with van der Waals surface area (Å²) in [5.74, 6) is 0.595. The van der Waals surface area contributed by atoms with Crippen LogP contribution in [0, 0.1) is 0 Å². The molecule has 1 aromatic heterocycles. The first kappa shape index (κ1) is 19.4. The van der Waals surface area contributed by atoms with Crippen LogP contribution in [0.4, 0.5) is 0 Å². The lowest BCUT2D eigenvalue weighted by molar-refractivity contribution is -0.127. The van der Waals surface area contributed by atoms with Gasteiger partial charge in [0, 0.05) is 39.2 Å². The predicted octanol–water partition coefficient (Wildman–Crippen LogP) is 1.34. The van der Waals surface area contributed by atoms with E-state index in [1.165, 1.54) is 9.78 Å². The number of hydrogen-bond donors (Lipinski definition) is 2. The molecule has 7 heteroatoms. The van der Waals surface area contributed by atoms with Crippen LogP contribution in [0.25, 0.3) is 0 Å². The number of carbonyl (C=O) groups excluding carboxylic acids is 1. The van der Waals surface area contributed by atoms with Crippen LogP contribution in [0.1, 0.15) is 18.7 Å². The van der Waals surface area contributed by atoms with Crippen LogP contribution in [-0.2, 0) is 16.0 Å². The van der Waals surface area contributed by atoms with Gasteiger partial charge in [-0.1, -0.05) is 6.07 Å². The van der Waals surface area contributed by atoms with Crippen molar-refractivity contribution in [1.82, 2.24) is 15.5 Å². The lowest BCUT2D eigenvalue weighted by atomic mass is 10.1. The van der Waals surface area contributed by atoms with Gasteiger partial charge in [-0.3, -0.25) is 4.79 Å². The highest BCUT2D eigenvalue weighted by molar-refractivity contribution is 7.09. The number of likely N-dealkylation sites (N-methyl/N-ethyl adjacent to an activating group) is 1. The summed E-state index contributed by atoms with van der Waals surface area (Å²) in [5, 5.41) is 8.57. The smallest absolute Gasteiger partial charge is 0.243 e. The number of hydrogen-bond acceptors (Lipinski definition) is 4. The van der Waals surface area contributed by atoms with Crippen LogP contribution in [0.3, 0.4) is 0 Å². The third-order valence-corrected chi connectivity index (χ3v) is 4.29. The van der Waals surface area contributed by atoms with Crippen molar-refractivity contribution in [2.75, 3.05) is 40.8 Å². The van der Waals surface area contributed by atoms with Gasteiger partial charge in [-0.15, -0.1) is 11.3 Å². The molecule has 0 saturated carbocycles. The van der Waals surface area contributed by atoms with Gasteiger partial charge >= 0.3 is 0 Å². The monoisotopic (exact) mass is 340 g/mol. The second-order valence-electron chi connectivity index (χ2n) is 6.03. The quantitative estimate of drug-likeness (QED) is 0.554. The molecule has 1 amide bonds. The maximum atomic E-state index is 11.7. The number of amides is 1. The Balaban J connectivity index is 2.55. The van der Waals surface area contributed by atoms with Crippen molar-refractivity contribution >= 4 is 23.2 Å². The molecule has 130 valence electrons. The lowest BCUT2D eigenvalue weighted by Crippen LogP contribution is -2.46. The minimum Gasteiger partial charge on any atom is -0.377 e. The van der Waals surface area contributed by atoms with Gasteiger partial charge < -0.3 is 20.3 Å². The molecule has 0 unspecified atom stereocenters. The Morgan fingerprint density at radius 3 is 2.70 bits per heavy atom. The largest absolute Gasteiger partial charge is 0.377 e. The maximum absolute atomic E-state index is 11.7. The molecule has 2 N–H and O–H groups in total. The number of carbonyl (C=O) groups is 1. The molecule has 6 nitrogen and oxygen atoms in total. The Morgan fingerprint density at radius 1 is 1.39 bits per heavy atom. The molecule has 0 aliphatic heterocycles. The molecule has 1 aromatic rings. The zero-order valence-corrected chi connectivity index (χ0v) is 15.5. The highest BCUT2D eigenvalue weighted by Gasteiger charge is 2.16. The van der Waals surface area contributed by atoms with Crippen LogP contribution < -0.4 is 10.6 Å². The van der Waals surface area contributed by atoms with E-state index >= 15 is 0 Å². The Bertz CT molecular complexity index is 498. The molecule has 0 atom stereocenters. The van der Waals surface area contributed by atoms with E-state index in [0.717, 1.165) is 13.0 Å². The van der Waals surface area contributed by atoms with Gasteiger partial charge in [0.05, 0.1) is 5.60 Å². The summed E-state index contributed by atoms with van der Waals surface area (Å²) in [6.45, 7) is 5.47. The van der Waals surface area contributed by atoms with E-state index in [1.807, 2.05) is 19.9 Å². The van der Waals surface area contributed by atoms with Crippen LogP contribution >= 0.6 is 11.3 Å². The van der Waals surface area contributed by atoms with E-state index in [-0.39, 0.29) is 18.1 Å². The van der Waals surface area contributed by atoms with E-state index < -0.39 is 0 Å². The number of guanidine groups is 1. The number of aliphatic imine (C=N–C) groups is 1. The van der Waals surface area contributed by atoms with Gasteiger partial charge in [0.25, 0.3) is 0 Å². The summed E-state index contributed by atoms with van der Waals surface area (Å²) in [6, 6.07) is 4.16. The molecular formula is C16H28N4O2S. The first-order valence-electron chi connectivity index (χ1n) is 7.64. The Kier molecular flexibility index (Phi) is 8.05. The third-order valence-electron chi connectivity index (χ3n) is 3.35. The normalized spacial score (nSPS) is 12.1. The van der Waals surface area contributed by atoms with Gasteiger partial charge in [-0.2, -0.15) is 0 Å². The standard InChI is InChI=1S/C16H28N4O2S/c1-16(2,22-5)12-19-15(18-11-14(21)20(3)4)17-9-8-13-7-6-10-23-13/h6-7,10H,8-9,11-12H2,1-5H3,(H2,17,18,19). The Labute approximate surface area is 142 Å².